The molecular weight excluding hydrogens is 210 g/mol. The fourth-order valence-corrected chi connectivity index (χ4v) is 1.49. The molecule has 16 heavy (non-hydrogen) atoms. The first-order chi connectivity index (χ1) is 7.52. The molecule has 2 amide bonds. The van der Waals surface area contributed by atoms with Crippen LogP contribution in [0.5, 0.6) is 0 Å². The van der Waals surface area contributed by atoms with Crippen LogP contribution in [-0.4, -0.2) is 56.6 Å². The average Bonchev–Trinajstić information content (AvgIpc) is 2.64. The van der Waals surface area contributed by atoms with E-state index in [2.05, 4.69) is 5.32 Å². The van der Waals surface area contributed by atoms with Gasteiger partial charge in [-0.05, 0) is 0 Å². The van der Waals surface area contributed by atoms with Gasteiger partial charge in [-0.2, -0.15) is 0 Å². The van der Waals surface area contributed by atoms with Crippen molar-refractivity contribution in [1.29, 1.82) is 0 Å². The summed E-state index contributed by atoms with van der Waals surface area (Å²) in [5.41, 5.74) is 5.70. The zero-order valence-electron chi connectivity index (χ0n) is 9.73. The second-order valence-electron chi connectivity index (χ2n) is 4.14. The Hall–Kier alpha value is -1.14. The second-order valence-corrected chi connectivity index (χ2v) is 4.14. The summed E-state index contributed by atoms with van der Waals surface area (Å²) in [7, 11) is 3.37. The van der Waals surface area contributed by atoms with Crippen LogP contribution in [0.25, 0.3) is 0 Å². The number of rotatable bonds is 4. The van der Waals surface area contributed by atoms with Crippen LogP contribution in [0.4, 0.5) is 0 Å². The van der Waals surface area contributed by atoms with Crippen LogP contribution in [0.3, 0.4) is 0 Å². The molecule has 6 nitrogen and oxygen atoms in total. The van der Waals surface area contributed by atoms with E-state index in [1.165, 1.54) is 4.90 Å². The number of carbonyl (C=O) groups excluding carboxylic acids is 2. The Bertz CT molecular complexity index is 268. The summed E-state index contributed by atoms with van der Waals surface area (Å²) >= 11 is 0. The SMILES string of the molecule is CN(C)C(=O)CCNC(=O)C1COCC1N. The molecule has 0 aliphatic carbocycles. The van der Waals surface area contributed by atoms with Crippen LogP contribution in [0.1, 0.15) is 6.42 Å². The normalized spacial score (nSPS) is 24.2. The summed E-state index contributed by atoms with van der Waals surface area (Å²) in [6.45, 7) is 1.14. The smallest absolute Gasteiger partial charge is 0.227 e. The zero-order valence-corrected chi connectivity index (χ0v) is 9.73. The molecule has 1 fully saturated rings. The molecule has 3 N–H and O–H groups in total. The van der Waals surface area contributed by atoms with Crippen molar-refractivity contribution < 1.29 is 14.3 Å². The molecule has 92 valence electrons. The number of nitrogens with two attached hydrogens (primary N) is 1. The van der Waals surface area contributed by atoms with E-state index in [1.54, 1.807) is 14.1 Å². The van der Waals surface area contributed by atoms with Crippen molar-refractivity contribution in [3.05, 3.63) is 0 Å². The van der Waals surface area contributed by atoms with Crippen LogP contribution in [-0.2, 0) is 14.3 Å². The number of hydrogen-bond donors (Lipinski definition) is 2. The fraction of sp³-hybridized carbons (Fsp3) is 0.800. The lowest BCUT2D eigenvalue weighted by atomic mass is 10.0. The molecule has 0 bridgehead atoms. The van der Waals surface area contributed by atoms with Gasteiger partial charge in [0.05, 0.1) is 19.1 Å². The molecular formula is C10H19N3O3. The molecule has 0 saturated carbocycles. The summed E-state index contributed by atoms with van der Waals surface area (Å²) in [6.07, 6.45) is 0.307. The lowest BCUT2D eigenvalue weighted by Gasteiger charge is -2.14. The highest BCUT2D eigenvalue weighted by atomic mass is 16.5. The Labute approximate surface area is 95.1 Å². The minimum absolute atomic E-state index is 0.00716. The molecule has 1 aliphatic heterocycles. The van der Waals surface area contributed by atoms with Crippen molar-refractivity contribution >= 4 is 11.8 Å². The largest absolute Gasteiger partial charge is 0.379 e. The van der Waals surface area contributed by atoms with E-state index in [-0.39, 0.29) is 23.8 Å². The first-order valence-electron chi connectivity index (χ1n) is 5.33. The van der Waals surface area contributed by atoms with Gasteiger partial charge < -0.3 is 20.7 Å². The average molecular weight is 229 g/mol. The van der Waals surface area contributed by atoms with Gasteiger partial charge in [0.2, 0.25) is 11.8 Å². The van der Waals surface area contributed by atoms with E-state index in [4.69, 9.17) is 10.5 Å². The Kier molecular flexibility index (Phi) is 4.70. The van der Waals surface area contributed by atoms with E-state index in [9.17, 15) is 9.59 Å². The lowest BCUT2D eigenvalue weighted by Crippen LogP contribution is -2.42. The summed E-state index contributed by atoms with van der Waals surface area (Å²) in [6, 6.07) is -0.232. The number of nitrogens with zero attached hydrogens (tertiary/aromatic N) is 1. The Morgan fingerprint density at radius 3 is 2.62 bits per heavy atom. The van der Waals surface area contributed by atoms with E-state index >= 15 is 0 Å². The molecule has 1 rings (SSSR count). The predicted molar refractivity (Wildman–Crippen MR) is 58.6 cm³/mol. The Balaban J connectivity index is 2.22. The molecule has 2 atom stereocenters. The molecule has 0 aromatic rings. The standard InChI is InChI=1S/C10H19N3O3/c1-13(2)9(14)3-4-12-10(15)7-5-16-6-8(7)11/h7-8H,3-6,11H2,1-2H3,(H,12,15). The van der Waals surface area contributed by atoms with Gasteiger partial charge in [0.15, 0.2) is 0 Å². The van der Waals surface area contributed by atoms with E-state index in [0.29, 0.717) is 26.2 Å². The molecule has 1 heterocycles. The molecule has 1 saturated heterocycles. The molecule has 6 heteroatoms. The predicted octanol–water partition coefficient (Wildman–Crippen LogP) is -1.45. The second kappa shape index (κ2) is 5.81. The molecule has 0 aromatic heterocycles. The van der Waals surface area contributed by atoms with Crippen LogP contribution in [0, 0.1) is 5.92 Å². The van der Waals surface area contributed by atoms with Crippen LogP contribution >= 0.6 is 0 Å². The Morgan fingerprint density at radius 1 is 1.44 bits per heavy atom. The molecule has 0 aromatic carbocycles. The highest BCUT2D eigenvalue weighted by Gasteiger charge is 2.30. The number of amides is 2. The van der Waals surface area contributed by atoms with E-state index < -0.39 is 0 Å². The highest BCUT2D eigenvalue weighted by molar-refractivity contribution is 5.81. The van der Waals surface area contributed by atoms with Gasteiger partial charge in [-0.15, -0.1) is 0 Å². The summed E-state index contributed by atoms with van der Waals surface area (Å²) in [5, 5.41) is 2.69. The van der Waals surface area contributed by atoms with Gasteiger partial charge in [-0.1, -0.05) is 0 Å². The maximum atomic E-state index is 11.6. The van der Waals surface area contributed by atoms with Gasteiger partial charge in [-0.25, -0.2) is 0 Å². The number of nitrogens with one attached hydrogen (secondary N) is 1. The zero-order chi connectivity index (χ0) is 12.1. The third-order valence-corrected chi connectivity index (χ3v) is 2.60. The fourth-order valence-electron chi connectivity index (χ4n) is 1.49. The van der Waals surface area contributed by atoms with Gasteiger partial charge in [0.1, 0.15) is 0 Å². The summed E-state index contributed by atoms with van der Waals surface area (Å²) < 4.78 is 5.10. The van der Waals surface area contributed by atoms with Crippen molar-refractivity contribution in [3.63, 3.8) is 0 Å². The van der Waals surface area contributed by atoms with Crippen molar-refractivity contribution in [1.82, 2.24) is 10.2 Å². The van der Waals surface area contributed by atoms with Gasteiger partial charge in [-0.3, -0.25) is 9.59 Å². The minimum atomic E-state index is -0.283. The van der Waals surface area contributed by atoms with Gasteiger partial charge >= 0.3 is 0 Å². The lowest BCUT2D eigenvalue weighted by molar-refractivity contribution is -0.129. The summed E-state index contributed by atoms with van der Waals surface area (Å²) in [5.74, 6) is -0.418. The first-order valence-corrected chi connectivity index (χ1v) is 5.33. The number of hydrogen-bond acceptors (Lipinski definition) is 4. The molecule has 0 spiro atoms. The topological polar surface area (TPSA) is 84.7 Å². The molecule has 1 aliphatic rings. The molecule has 2 unspecified atom stereocenters. The van der Waals surface area contributed by atoms with Crippen molar-refractivity contribution in [3.8, 4) is 0 Å². The number of carbonyl (C=O) groups is 2. The van der Waals surface area contributed by atoms with Gasteiger partial charge in [0, 0.05) is 33.1 Å². The quantitative estimate of drug-likeness (QED) is 0.618. The summed E-state index contributed by atoms with van der Waals surface area (Å²) in [4.78, 5) is 24.3. The van der Waals surface area contributed by atoms with E-state index in [1.807, 2.05) is 0 Å². The third kappa shape index (κ3) is 3.46. The van der Waals surface area contributed by atoms with Crippen molar-refractivity contribution in [2.24, 2.45) is 11.7 Å². The highest BCUT2D eigenvalue weighted by Crippen LogP contribution is 2.11. The van der Waals surface area contributed by atoms with Crippen molar-refractivity contribution in [2.75, 3.05) is 33.9 Å². The Morgan fingerprint density at radius 2 is 2.12 bits per heavy atom. The van der Waals surface area contributed by atoms with Crippen LogP contribution in [0.2, 0.25) is 0 Å². The maximum Gasteiger partial charge on any atom is 0.227 e. The van der Waals surface area contributed by atoms with Crippen LogP contribution < -0.4 is 11.1 Å². The third-order valence-electron chi connectivity index (χ3n) is 2.60. The minimum Gasteiger partial charge on any atom is -0.379 e. The monoisotopic (exact) mass is 229 g/mol. The maximum absolute atomic E-state index is 11.6. The van der Waals surface area contributed by atoms with E-state index in [0.717, 1.165) is 0 Å². The van der Waals surface area contributed by atoms with Gasteiger partial charge in [0.25, 0.3) is 0 Å². The number of ether oxygens (including phenoxy) is 1. The van der Waals surface area contributed by atoms with Crippen molar-refractivity contribution in [2.45, 2.75) is 12.5 Å². The van der Waals surface area contributed by atoms with Crippen LogP contribution in [0.15, 0.2) is 0 Å². The molecule has 0 radical (unpaired) electrons. The first kappa shape index (κ1) is 12.9.